The van der Waals surface area contributed by atoms with Gasteiger partial charge in [0.1, 0.15) is 11.4 Å². The number of fused-ring (bicyclic) bond motifs is 1. The van der Waals surface area contributed by atoms with Crippen molar-refractivity contribution >= 4 is 11.8 Å². The lowest BCUT2D eigenvalue weighted by molar-refractivity contribution is 0.342. The average molecular weight is 284 g/mol. The van der Waals surface area contributed by atoms with Crippen molar-refractivity contribution in [2.75, 3.05) is 6.26 Å². The molecule has 1 aromatic carbocycles. The number of thioether (sulfide) groups is 1. The molecule has 3 heteroatoms. The van der Waals surface area contributed by atoms with Crippen molar-refractivity contribution in [1.29, 1.82) is 0 Å². The topological polar surface area (TPSA) is 25.8 Å². The standard InChI is InChI=1S/C17H20N2S/c1-11-5-6-12-8-17(2,3)15(13(12)7-11)14-9-18-10-19-16(14)20-4/h5-7,9-10,15H,8H2,1-4H3. The Hall–Kier alpha value is -1.35. The van der Waals surface area contributed by atoms with E-state index < -0.39 is 0 Å². The molecule has 20 heavy (non-hydrogen) atoms. The Morgan fingerprint density at radius 3 is 2.80 bits per heavy atom. The van der Waals surface area contributed by atoms with Crippen LogP contribution < -0.4 is 0 Å². The molecule has 3 rings (SSSR count). The monoisotopic (exact) mass is 284 g/mol. The summed E-state index contributed by atoms with van der Waals surface area (Å²) in [5.74, 6) is 0.390. The minimum absolute atomic E-state index is 0.214. The SMILES string of the molecule is CSc1ncncc1C1c2cc(C)ccc2CC1(C)C. The zero-order chi connectivity index (χ0) is 14.3. The predicted molar refractivity (Wildman–Crippen MR) is 84.3 cm³/mol. The van der Waals surface area contributed by atoms with Gasteiger partial charge in [-0.2, -0.15) is 0 Å². The van der Waals surface area contributed by atoms with Crippen molar-refractivity contribution in [3.63, 3.8) is 0 Å². The van der Waals surface area contributed by atoms with Crippen LogP contribution in [0.3, 0.4) is 0 Å². The van der Waals surface area contributed by atoms with Crippen LogP contribution >= 0.6 is 11.8 Å². The summed E-state index contributed by atoms with van der Waals surface area (Å²) in [6, 6.07) is 6.84. The van der Waals surface area contributed by atoms with Crippen LogP contribution in [0.5, 0.6) is 0 Å². The Morgan fingerprint density at radius 2 is 2.05 bits per heavy atom. The van der Waals surface area contributed by atoms with Crippen LogP contribution in [-0.4, -0.2) is 16.2 Å². The number of aromatic nitrogens is 2. The third kappa shape index (κ3) is 2.14. The summed E-state index contributed by atoms with van der Waals surface area (Å²) >= 11 is 1.71. The Bertz CT molecular complexity index is 649. The molecule has 0 radical (unpaired) electrons. The highest BCUT2D eigenvalue weighted by Gasteiger charge is 2.41. The smallest absolute Gasteiger partial charge is 0.116 e. The van der Waals surface area contributed by atoms with E-state index in [1.54, 1.807) is 18.1 Å². The largest absolute Gasteiger partial charge is 0.244 e. The maximum Gasteiger partial charge on any atom is 0.116 e. The van der Waals surface area contributed by atoms with E-state index in [1.807, 2.05) is 6.20 Å². The second-order valence-electron chi connectivity index (χ2n) is 6.29. The molecular formula is C17H20N2S. The van der Waals surface area contributed by atoms with E-state index in [0.29, 0.717) is 5.92 Å². The number of hydrogen-bond donors (Lipinski definition) is 0. The first-order chi connectivity index (χ1) is 9.53. The van der Waals surface area contributed by atoms with Gasteiger partial charge >= 0.3 is 0 Å². The van der Waals surface area contributed by atoms with E-state index in [0.717, 1.165) is 11.4 Å². The molecule has 0 fully saturated rings. The van der Waals surface area contributed by atoms with Gasteiger partial charge in [-0.05, 0) is 36.1 Å². The number of aryl methyl sites for hydroxylation is 1. The van der Waals surface area contributed by atoms with Crippen molar-refractivity contribution in [1.82, 2.24) is 9.97 Å². The number of hydrogen-bond acceptors (Lipinski definition) is 3. The molecule has 104 valence electrons. The van der Waals surface area contributed by atoms with Gasteiger partial charge in [-0.3, -0.25) is 0 Å². The van der Waals surface area contributed by atoms with Crippen LogP contribution in [0.2, 0.25) is 0 Å². The lowest BCUT2D eigenvalue weighted by Crippen LogP contribution is -2.20. The minimum Gasteiger partial charge on any atom is -0.244 e. The molecule has 0 saturated carbocycles. The maximum absolute atomic E-state index is 4.45. The fourth-order valence-corrected chi connectivity index (χ4v) is 4.00. The fourth-order valence-electron chi connectivity index (χ4n) is 3.44. The van der Waals surface area contributed by atoms with Crippen LogP contribution in [0.1, 0.15) is 42.0 Å². The Morgan fingerprint density at radius 1 is 1.25 bits per heavy atom. The molecule has 1 atom stereocenters. The summed E-state index contributed by atoms with van der Waals surface area (Å²) in [4.78, 5) is 8.73. The second-order valence-corrected chi connectivity index (χ2v) is 7.08. The zero-order valence-corrected chi connectivity index (χ0v) is 13.3. The van der Waals surface area contributed by atoms with Gasteiger partial charge in [0.15, 0.2) is 0 Å². The van der Waals surface area contributed by atoms with E-state index in [9.17, 15) is 0 Å². The average Bonchev–Trinajstić information content (AvgIpc) is 2.68. The van der Waals surface area contributed by atoms with E-state index in [4.69, 9.17) is 0 Å². The molecule has 0 N–H and O–H groups in total. The van der Waals surface area contributed by atoms with E-state index in [1.165, 1.54) is 22.3 Å². The minimum atomic E-state index is 0.214. The highest BCUT2D eigenvalue weighted by Crippen LogP contribution is 2.51. The van der Waals surface area contributed by atoms with Crippen molar-refractivity contribution < 1.29 is 0 Å². The summed E-state index contributed by atoms with van der Waals surface area (Å²) in [5, 5.41) is 1.10. The van der Waals surface area contributed by atoms with E-state index >= 15 is 0 Å². The van der Waals surface area contributed by atoms with Crippen molar-refractivity contribution in [2.24, 2.45) is 5.41 Å². The van der Waals surface area contributed by atoms with Crippen molar-refractivity contribution in [3.8, 4) is 0 Å². The van der Waals surface area contributed by atoms with Gasteiger partial charge in [0, 0.05) is 17.7 Å². The molecule has 0 spiro atoms. The van der Waals surface area contributed by atoms with Gasteiger partial charge in [0.25, 0.3) is 0 Å². The molecule has 0 amide bonds. The molecule has 0 saturated heterocycles. The van der Waals surface area contributed by atoms with Crippen LogP contribution in [0, 0.1) is 12.3 Å². The number of nitrogens with zero attached hydrogens (tertiary/aromatic N) is 2. The zero-order valence-electron chi connectivity index (χ0n) is 12.5. The fraction of sp³-hybridized carbons (Fsp3) is 0.412. The number of benzene rings is 1. The molecule has 2 aromatic rings. The third-order valence-corrected chi connectivity index (χ3v) is 4.97. The lowest BCUT2D eigenvalue weighted by atomic mass is 9.76. The first-order valence-electron chi connectivity index (χ1n) is 6.96. The Kier molecular flexibility index (Phi) is 3.33. The van der Waals surface area contributed by atoms with Gasteiger partial charge < -0.3 is 0 Å². The summed E-state index contributed by atoms with van der Waals surface area (Å²) in [6.45, 7) is 6.87. The molecule has 1 aliphatic rings. The van der Waals surface area contributed by atoms with Crippen molar-refractivity contribution in [2.45, 2.75) is 38.1 Å². The summed E-state index contributed by atoms with van der Waals surface area (Å²) < 4.78 is 0. The molecule has 0 aliphatic heterocycles. The number of rotatable bonds is 2. The van der Waals surface area contributed by atoms with Gasteiger partial charge in [0.2, 0.25) is 0 Å². The maximum atomic E-state index is 4.45. The molecule has 0 bridgehead atoms. The van der Waals surface area contributed by atoms with Gasteiger partial charge in [0.05, 0.1) is 0 Å². The van der Waals surface area contributed by atoms with E-state index in [-0.39, 0.29) is 5.41 Å². The second kappa shape index (κ2) is 4.88. The van der Waals surface area contributed by atoms with Gasteiger partial charge in [-0.15, -0.1) is 11.8 Å². The molecule has 1 heterocycles. The van der Waals surface area contributed by atoms with Crippen LogP contribution in [0.4, 0.5) is 0 Å². The quantitative estimate of drug-likeness (QED) is 0.610. The third-order valence-electron chi connectivity index (χ3n) is 4.25. The molecule has 1 unspecified atom stereocenters. The van der Waals surface area contributed by atoms with Crippen LogP contribution in [0.15, 0.2) is 35.7 Å². The normalized spacial score (nSPS) is 19.9. The van der Waals surface area contributed by atoms with Crippen LogP contribution in [-0.2, 0) is 6.42 Å². The molecule has 1 aliphatic carbocycles. The molecular weight excluding hydrogens is 264 g/mol. The lowest BCUT2D eigenvalue weighted by Gasteiger charge is -2.28. The van der Waals surface area contributed by atoms with Gasteiger partial charge in [-0.1, -0.05) is 37.6 Å². The highest BCUT2D eigenvalue weighted by molar-refractivity contribution is 7.98. The first kappa shape index (κ1) is 13.6. The van der Waals surface area contributed by atoms with Crippen molar-refractivity contribution in [3.05, 3.63) is 53.0 Å². The highest BCUT2D eigenvalue weighted by atomic mass is 32.2. The Balaban J connectivity index is 2.19. The predicted octanol–water partition coefficient (Wildman–Crippen LogP) is 4.22. The van der Waals surface area contributed by atoms with E-state index in [2.05, 4.69) is 55.2 Å². The summed E-state index contributed by atoms with van der Waals surface area (Å²) in [5.41, 5.74) is 5.75. The first-order valence-corrected chi connectivity index (χ1v) is 8.19. The van der Waals surface area contributed by atoms with Crippen LogP contribution in [0.25, 0.3) is 0 Å². The molecule has 2 nitrogen and oxygen atoms in total. The summed E-state index contributed by atoms with van der Waals surface area (Å²) in [6.07, 6.45) is 6.86. The Labute approximate surface area is 125 Å². The summed E-state index contributed by atoms with van der Waals surface area (Å²) in [7, 11) is 0. The molecule has 1 aromatic heterocycles. The van der Waals surface area contributed by atoms with Gasteiger partial charge in [-0.25, -0.2) is 9.97 Å².